The second kappa shape index (κ2) is 2.45. The lowest BCUT2D eigenvalue weighted by Crippen LogP contribution is -2.41. The van der Waals surface area contributed by atoms with E-state index in [0.29, 0.717) is 5.84 Å². The van der Waals surface area contributed by atoms with E-state index in [9.17, 15) is 4.79 Å². The van der Waals surface area contributed by atoms with Gasteiger partial charge in [-0.15, -0.1) is 0 Å². The van der Waals surface area contributed by atoms with E-state index in [1.54, 1.807) is 0 Å². The predicted molar refractivity (Wildman–Crippen MR) is 30.2 cm³/mol. The Balaban J connectivity index is 2.50. The number of amides is 1. The lowest BCUT2D eigenvalue weighted by atomic mass is 10.4. The summed E-state index contributed by atoms with van der Waals surface area (Å²) < 4.78 is 0. The number of carbonyl (C=O) groups excluding carboxylic acids is 1. The number of hydrogen-bond acceptors (Lipinski definition) is 4. The first-order chi connectivity index (χ1) is 4.33. The third-order valence-corrected chi connectivity index (χ3v) is 0.996. The molecular formula is C4H7N3O2. The summed E-state index contributed by atoms with van der Waals surface area (Å²) >= 11 is 0. The smallest absolute Gasteiger partial charge is 0.242 e. The van der Waals surface area contributed by atoms with Crippen LogP contribution in [0.1, 0.15) is 0 Å². The van der Waals surface area contributed by atoms with Gasteiger partial charge in [-0.2, -0.15) is 0 Å². The molecule has 0 unspecified atom stereocenters. The molecule has 0 aliphatic carbocycles. The monoisotopic (exact) mass is 129 g/mol. The van der Waals surface area contributed by atoms with Gasteiger partial charge in [-0.3, -0.25) is 20.5 Å². The molecule has 0 atom stereocenters. The minimum absolute atomic E-state index is 0.100. The highest BCUT2D eigenvalue weighted by Crippen LogP contribution is 1.81. The first-order valence-electron chi connectivity index (χ1n) is 2.53. The predicted octanol–water partition coefficient (Wildman–Crippen LogP) is -1.51. The molecule has 1 rings (SSSR count). The Morgan fingerprint density at radius 3 is 3.00 bits per heavy atom. The summed E-state index contributed by atoms with van der Waals surface area (Å²) in [6.45, 7) is 0.387. The Labute approximate surface area is 51.7 Å². The average Bonchev–Trinajstić information content (AvgIpc) is 1.90. The third kappa shape index (κ3) is 1.39. The lowest BCUT2D eigenvalue weighted by Gasteiger charge is -2.10. The van der Waals surface area contributed by atoms with E-state index in [-0.39, 0.29) is 19.0 Å². The topological polar surface area (TPSA) is 73.7 Å². The molecule has 0 aromatic rings. The van der Waals surface area contributed by atoms with Crippen molar-refractivity contribution in [2.75, 3.05) is 13.1 Å². The molecule has 0 spiro atoms. The van der Waals surface area contributed by atoms with Gasteiger partial charge in [-0.25, -0.2) is 0 Å². The van der Waals surface area contributed by atoms with Crippen molar-refractivity contribution in [1.29, 1.82) is 0 Å². The number of nitrogens with zero attached hydrogens (tertiary/aromatic N) is 1. The molecule has 0 aromatic carbocycles. The molecule has 5 heteroatoms. The summed E-state index contributed by atoms with van der Waals surface area (Å²) in [7, 11) is 0. The maximum absolute atomic E-state index is 10.4. The van der Waals surface area contributed by atoms with E-state index in [2.05, 4.69) is 10.3 Å². The van der Waals surface area contributed by atoms with Gasteiger partial charge in [0.1, 0.15) is 12.4 Å². The Kier molecular flexibility index (Phi) is 1.64. The summed E-state index contributed by atoms with van der Waals surface area (Å²) in [6.07, 6.45) is 0. The molecule has 0 saturated heterocycles. The van der Waals surface area contributed by atoms with Crippen LogP contribution in [0.4, 0.5) is 0 Å². The number of hydroxylamine groups is 1. The number of carbonyl (C=O) groups is 1. The molecule has 50 valence electrons. The standard InChI is InChI=1S/C4H7N3O2/c8-4-2-5-3(7-9)1-6-4/h9H,1-2H2,(H,5,7)(H,6,8). The van der Waals surface area contributed by atoms with E-state index < -0.39 is 0 Å². The molecule has 3 N–H and O–H groups in total. The van der Waals surface area contributed by atoms with Crippen LogP contribution < -0.4 is 10.8 Å². The lowest BCUT2D eigenvalue weighted by molar-refractivity contribution is -0.119. The SMILES string of the molecule is O=C1CN=C(NO)CN1. The molecule has 0 bridgehead atoms. The molecule has 1 aliphatic rings. The molecule has 1 amide bonds. The van der Waals surface area contributed by atoms with Crippen molar-refractivity contribution < 1.29 is 10.0 Å². The summed E-state index contributed by atoms with van der Waals surface area (Å²) in [5, 5.41) is 10.7. The van der Waals surface area contributed by atoms with E-state index >= 15 is 0 Å². The van der Waals surface area contributed by atoms with Crippen LogP contribution in [0.15, 0.2) is 4.99 Å². The fourth-order valence-corrected chi connectivity index (χ4v) is 0.536. The minimum atomic E-state index is -0.117. The van der Waals surface area contributed by atoms with Crippen molar-refractivity contribution in [2.24, 2.45) is 4.99 Å². The molecular weight excluding hydrogens is 122 g/mol. The van der Waals surface area contributed by atoms with E-state index in [1.807, 2.05) is 5.48 Å². The van der Waals surface area contributed by atoms with Gasteiger partial charge >= 0.3 is 0 Å². The zero-order valence-electron chi connectivity index (χ0n) is 4.72. The number of hydrogen-bond donors (Lipinski definition) is 3. The molecule has 0 saturated carbocycles. The van der Waals surface area contributed by atoms with Crippen LogP contribution >= 0.6 is 0 Å². The summed E-state index contributed by atoms with van der Waals surface area (Å²) in [6, 6.07) is 0. The molecule has 5 nitrogen and oxygen atoms in total. The highest BCUT2D eigenvalue weighted by atomic mass is 16.5. The molecule has 0 radical (unpaired) electrons. The summed E-state index contributed by atoms with van der Waals surface area (Å²) in [5.74, 6) is 0.281. The van der Waals surface area contributed by atoms with Gasteiger partial charge in [0.05, 0.1) is 6.54 Å². The molecule has 0 fully saturated rings. The van der Waals surface area contributed by atoms with Crippen LogP contribution in [0.25, 0.3) is 0 Å². The van der Waals surface area contributed by atoms with Gasteiger partial charge in [-0.05, 0) is 0 Å². The van der Waals surface area contributed by atoms with Crippen molar-refractivity contribution in [3.63, 3.8) is 0 Å². The number of amidine groups is 1. The van der Waals surface area contributed by atoms with Crippen molar-refractivity contribution in [1.82, 2.24) is 10.8 Å². The summed E-state index contributed by atoms with van der Waals surface area (Å²) in [5.41, 5.74) is 1.86. The highest BCUT2D eigenvalue weighted by molar-refractivity contribution is 5.93. The highest BCUT2D eigenvalue weighted by Gasteiger charge is 2.07. The van der Waals surface area contributed by atoms with Gasteiger partial charge < -0.3 is 5.32 Å². The second-order valence-corrected chi connectivity index (χ2v) is 1.65. The quantitative estimate of drug-likeness (QED) is 0.348. The number of nitrogens with one attached hydrogen (secondary N) is 2. The molecule has 1 aliphatic heterocycles. The molecule has 1 heterocycles. The number of rotatable bonds is 0. The van der Waals surface area contributed by atoms with E-state index in [1.165, 1.54) is 0 Å². The molecule has 0 aromatic heterocycles. The van der Waals surface area contributed by atoms with Crippen LogP contribution in [0, 0.1) is 0 Å². The Hall–Kier alpha value is -1.10. The Bertz CT molecular complexity index is 154. The Morgan fingerprint density at radius 1 is 1.78 bits per heavy atom. The largest absolute Gasteiger partial charge is 0.347 e. The van der Waals surface area contributed by atoms with Crippen LogP contribution in [0.5, 0.6) is 0 Å². The first-order valence-corrected chi connectivity index (χ1v) is 2.53. The zero-order valence-corrected chi connectivity index (χ0v) is 4.72. The number of aliphatic imine (C=N–C) groups is 1. The molecule has 9 heavy (non-hydrogen) atoms. The Morgan fingerprint density at radius 2 is 2.56 bits per heavy atom. The van der Waals surface area contributed by atoms with Crippen molar-refractivity contribution in [2.45, 2.75) is 0 Å². The van der Waals surface area contributed by atoms with Gasteiger partial charge in [-0.1, -0.05) is 0 Å². The third-order valence-electron chi connectivity index (χ3n) is 0.996. The zero-order chi connectivity index (χ0) is 6.69. The maximum atomic E-state index is 10.4. The van der Waals surface area contributed by atoms with Gasteiger partial charge in [0.25, 0.3) is 0 Å². The average molecular weight is 129 g/mol. The van der Waals surface area contributed by atoms with Crippen molar-refractivity contribution in [3.05, 3.63) is 0 Å². The van der Waals surface area contributed by atoms with Crippen LogP contribution in [0.3, 0.4) is 0 Å². The van der Waals surface area contributed by atoms with Crippen LogP contribution in [-0.2, 0) is 4.79 Å². The van der Waals surface area contributed by atoms with Crippen LogP contribution in [0.2, 0.25) is 0 Å². The van der Waals surface area contributed by atoms with Crippen molar-refractivity contribution in [3.8, 4) is 0 Å². The van der Waals surface area contributed by atoms with Crippen LogP contribution in [-0.4, -0.2) is 30.0 Å². The fraction of sp³-hybridized carbons (Fsp3) is 0.500. The van der Waals surface area contributed by atoms with Gasteiger partial charge in [0, 0.05) is 0 Å². The van der Waals surface area contributed by atoms with E-state index in [4.69, 9.17) is 5.21 Å². The van der Waals surface area contributed by atoms with E-state index in [0.717, 1.165) is 0 Å². The normalized spacial score (nSPS) is 18.3. The minimum Gasteiger partial charge on any atom is -0.347 e. The van der Waals surface area contributed by atoms with Gasteiger partial charge in [0.2, 0.25) is 5.91 Å². The maximum Gasteiger partial charge on any atom is 0.242 e. The van der Waals surface area contributed by atoms with Gasteiger partial charge in [0.15, 0.2) is 0 Å². The fourth-order valence-electron chi connectivity index (χ4n) is 0.536. The van der Waals surface area contributed by atoms with Crippen molar-refractivity contribution >= 4 is 11.7 Å². The second-order valence-electron chi connectivity index (χ2n) is 1.65. The first kappa shape index (κ1) is 6.03. The summed E-state index contributed by atoms with van der Waals surface area (Å²) in [4.78, 5) is 14.1.